The number of hydrogen-bond donors (Lipinski definition) is 1. The van der Waals surface area contributed by atoms with Crippen LogP contribution >= 0.6 is 23.2 Å². The van der Waals surface area contributed by atoms with Crippen LogP contribution < -0.4 is 5.32 Å². The first-order valence-electron chi connectivity index (χ1n) is 7.15. The van der Waals surface area contributed by atoms with Crippen molar-refractivity contribution in [2.24, 2.45) is 0 Å². The summed E-state index contributed by atoms with van der Waals surface area (Å²) in [6.45, 7) is 1.59. The predicted molar refractivity (Wildman–Crippen MR) is 89.3 cm³/mol. The first-order chi connectivity index (χ1) is 11.3. The Morgan fingerprint density at radius 3 is 2.42 bits per heavy atom. The summed E-state index contributed by atoms with van der Waals surface area (Å²) in [5.74, 6) is -0.887. The number of carbonyl (C=O) groups excluding carboxylic acids is 2. The van der Waals surface area contributed by atoms with Gasteiger partial charge in [-0.25, -0.2) is 9.18 Å². The molecule has 0 bridgehead atoms. The van der Waals surface area contributed by atoms with Crippen LogP contribution in [0.1, 0.15) is 18.1 Å². The normalized spacial score (nSPS) is 20.4. The topological polar surface area (TPSA) is 49.4 Å². The maximum absolute atomic E-state index is 13.1. The summed E-state index contributed by atoms with van der Waals surface area (Å²) in [4.78, 5) is 26.1. The number of urea groups is 1. The Labute approximate surface area is 148 Å². The maximum atomic E-state index is 13.1. The number of benzene rings is 2. The number of nitrogens with one attached hydrogen (secondary N) is 1. The van der Waals surface area contributed by atoms with Crippen LogP contribution in [0, 0.1) is 5.82 Å². The molecule has 0 spiro atoms. The van der Waals surface area contributed by atoms with E-state index in [-0.39, 0.29) is 11.6 Å². The molecule has 1 aliphatic rings. The molecule has 1 fully saturated rings. The van der Waals surface area contributed by atoms with Crippen molar-refractivity contribution < 1.29 is 14.0 Å². The molecule has 3 rings (SSSR count). The van der Waals surface area contributed by atoms with Gasteiger partial charge >= 0.3 is 6.03 Å². The maximum Gasteiger partial charge on any atom is 0.325 e. The summed E-state index contributed by atoms with van der Waals surface area (Å²) in [6.07, 6.45) is 0. The molecule has 4 nitrogen and oxygen atoms in total. The molecule has 0 aromatic heterocycles. The second-order valence-corrected chi connectivity index (χ2v) is 6.53. The smallest absolute Gasteiger partial charge is 0.319 e. The van der Waals surface area contributed by atoms with Crippen LogP contribution in [-0.4, -0.2) is 16.8 Å². The van der Waals surface area contributed by atoms with Gasteiger partial charge in [-0.15, -0.1) is 0 Å². The largest absolute Gasteiger partial charge is 0.325 e. The Morgan fingerprint density at radius 1 is 1.12 bits per heavy atom. The molecule has 2 aromatic carbocycles. The minimum absolute atomic E-state index is 0.0348. The fourth-order valence-corrected chi connectivity index (χ4v) is 2.99. The van der Waals surface area contributed by atoms with Crippen molar-refractivity contribution in [1.82, 2.24) is 10.2 Å². The van der Waals surface area contributed by atoms with Crippen molar-refractivity contribution in [3.05, 3.63) is 69.5 Å². The molecule has 1 N–H and O–H groups in total. The molecule has 0 aliphatic carbocycles. The third kappa shape index (κ3) is 2.85. The Kier molecular flexibility index (Phi) is 4.24. The van der Waals surface area contributed by atoms with Gasteiger partial charge in [-0.1, -0.05) is 41.4 Å². The standard InChI is InChI=1S/C17H13Cl2FN2O2/c1-17(11-3-5-12(18)6-4-11)15(23)22(16(24)21-17)9-10-2-7-13(20)8-14(10)19/h2-8H,9H2,1H3,(H,21,24). The van der Waals surface area contributed by atoms with E-state index in [2.05, 4.69) is 5.32 Å². The highest BCUT2D eigenvalue weighted by atomic mass is 35.5. The molecule has 1 unspecified atom stereocenters. The second-order valence-electron chi connectivity index (χ2n) is 5.69. The van der Waals surface area contributed by atoms with Crippen LogP contribution in [0.4, 0.5) is 9.18 Å². The Morgan fingerprint density at radius 2 is 1.79 bits per heavy atom. The van der Waals surface area contributed by atoms with Gasteiger partial charge in [-0.3, -0.25) is 9.69 Å². The predicted octanol–water partition coefficient (Wildman–Crippen LogP) is 4.10. The van der Waals surface area contributed by atoms with Crippen LogP contribution in [0.2, 0.25) is 10.0 Å². The molecule has 24 heavy (non-hydrogen) atoms. The fourth-order valence-electron chi connectivity index (χ4n) is 2.64. The molecular weight excluding hydrogens is 354 g/mol. The van der Waals surface area contributed by atoms with E-state index in [1.165, 1.54) is 12.1 Å². The molecule has 1 heterocycles. The van der Waals surface area contributed by atoms with E-state index in [0.717, 1.165) is 11.0 Å². The highest BCUT2D eigenvalue weighted by Crippen LogP contribution is 2.31. The third-order valence-corrected chi connectivity index (χ3v) is 4.64. The van der Waals surface area contributed by atoms with Gasteiger partial charge in [0.05, 0.1) is 6.54 Å². The summed E-state index contributed by atoms with van der Waals surface area (Å²) in [5, 5.41) is 3.39. The monoisotopic (exact) mass is 366 g/mol. The molecule has 0 saturated carbocycles. The molecule has 7 heteroatoms. The van der Waals surface area contributed by atoms with Gasteiger partial charge in [0, 0.05) is 10.0 Å². The number of hydrogen-bond acceptors (Lipinski definition) is 2. The lowest BCUT2D eigenvalue weighted by Gasteiger charge is -2.22. The van der Waals surface area contributed by atoms with Crippen LogP contribution in [0.3, 0.4) is 0 Å². The van der Waals surface area contributed by atoms with Gasteiger partial charge < -0.3 is 5.32 Å². The summed E-state index contributed by atoms with van der Waals surface area (Å²) in [6, 6.07) is 9.99. The zero-order chi connectivity index (χ0) is 17.5. The minimum atomic E-state index is -1.19. The van der Waals surface area contributed by atoms with E-state index < -0.39 is 23.3 Å². The molecular formula is C17H13Cl2FN2O2. The summed E-state index contributed by atoms with van der Waals surface area (Å²) in [5.41, 5.74) is -0.0753. The van der Waals surface area contributed by atoms with Crippen LogP contribution in [0.25, 0.3) is 0 Å². The lowest BCUT2D eigenvalue weighted by atomic mass is 9.92. The molecule has 1 saturated heterocycles. The van der Waals surface area contributed by atoms with Gasteiger partial charge in [0.1, 0.15) is 11.4 Å². The quantitative estimate of drug-likeness (QED) is 0.831. The van der Waals surface area contributed by atoms with Gasteiger partial charge in [0.25, 0.3) is 5.91 Å². The first kappa shape index (κ1) is 16.7. The third-order valence-electron chi connectivity index (χ3n) is 4.04. The number of amides is 3. The molecule has 124 valence electrons. The molecule has 0 radical (unpaired) electrons. The number of halogens is 3. The van der Waals surface area contributed by atoms with Crippen molar-refractivity contribution >= 4 is 35.1 Å². The molecule has 2 aromatic rings. The molecule has 3 amide bonds. The van der Waals surface area contributed by atoms with E-state index in [9.17, 15) is 14.0 Å². The SMILES string of the molecule is CC1(c2ccc(Cl)cc2)NC(=O)N(Cc2ccc(F)cc2Cl)C1=O. The van der Waals surface area contributed by atoms with Crippen molar-refractivity contribution in [3.63, 3.8) is 0 Å². The van der Waals surface area contributed by atoms with Gasteiger partial charge in [-0.2, -0.15) is 0 Å². The van der Waals surface area contributed by atoms with E-state index in [1.807, 2.05) is 0 Å². The highest BCUT2D eigenvalue weighted by Gasteiger charge is 2.48. The van der Waals surface area contributed by atoms with Crippen LogP contribution in [0.15, 0.2) is 42.5 Å². The van der Waals surface area contributed by atoms with Crippen molar-refractivity contribution in [2.45, 2.75) is 19.0 Å². The summed E-state index contributed by atoms with van der Waals surface area (Å²) in [7, 11) is 0. The first-order valence-corrected chi connectivity index (χ1v) is 7.91. The zero-order valence-corrected chi connectivity index (χ0v) is 14.2. The highest BCUT2D eigenvalue weighted by molar-refractivity contribution is 6.31. The second kappa shape index (κ2) is 6.07. The number of nitrogens with zero attached hydrogens (tertiary/aromatic N) is 1. The summed E-state index contributed by atoms with van der Waals surface area (Å²) >= 11 is 11.9. The van der Waals surface area contributed by atoms with Crippen LogP contribution in [-0.2, 0) is 16.9 Å². The van der Waals surface area contributed by atoms with E-state index >= 15 is 0 Å². The Bertz CT molecular complexity index is 826. The fraction of sp³-hybridized carbons (Fsp3) is 0.176. The molecule has 1 atom stereocenters. The minimum Gasteiger partial charge on any atom is -0.319 e. The van der Waals surface area contributed by atoms with E-state index in [0.29, 0.717) is 16.1 Å². The number of imide groups is 1. The zero-order valence-electron chi connectivity index (χ0n) is 12.6. The van der Waals surface area contributed by atoms with E-state index in [4.69, 9.17) is 23.2 Å². The average Bonchev–Trinajstić information content (AvgIpc) is 2.74. The lowest BCUT2D eigenvalue weighted by Crippen LogP contribution is -2.40. The van der Waals surface area contributed by atoms with Crippen molar-refractivity contribution in [1.29, 1.82) is 0 Å². The van der Waals surface area contributed by atoms with Crippen LogP contribution in [0.5, 0.6) is 0 Å². The number of carbonyl (C=O) groups is 2. The number of rotatable bonds is 3. The average molecular weight is 367 g/mol. The Balaban J connectivity index is 1.90. The Hall–Kier alpha value is -2.11. The van der Waals surface area contributed by atoms with Crippen molar-refractivity contribution in [2.75, 3.05) is 0 Å². The van der Waals surface area contributed by atoms with Gasteiger partial charge in [-0.05, 0) is 42.3 Å². The lowest BCUT2D eigenvalue weighted by molar-refractivity contribution is -0.131. The van der Waals surface area contributed by atoms with E-state index in [1.54, 1.807) is 31.2 Å². The summed E-state index contributed by atoms with van der Waals surface area (Å²) < 4.78 is 13.1. The van der Waals surface area contributed by atoms with Crippen molar-refractivity contribution in [3.8, 4) is 0 Å². The van der Waals surface area contributed by atoms with Gasteiger partial charge in [0.2, 0.25) is 0 Å². The van der Waals surface area contributed by atoms with Gasteiger partial charge in [0.15, 0.2) is 0 Å². The molecule has 1 aliphatic heterocycles.